The molecule has 1 amide bonds. The maximum absolute atomic E-state index is 12.2. The number of aromatic carboxylic acids is 1. The summed E-state index contributed by atoms with van der Waals surface area (Å²) in [6, 6.07) is 0. The molecular weight excluding hydrogens is 270 g/mol. The van der Waals surface area contributed by atoms with Crippen molar-refractivity contribution >= 4 is 28.4 Å². The summed E-state index contributed by atoms with van der Waals surface area (Å²) in [4.78, 5) is 24.6. The fourth-order valence-electron chi connectivity index (χ4n) is 1.57. The summed E-state index contributed by atoms with van der Waals surface area (Å²) in [5.41, 5.74) is 0.995. The van der Waals surface area contributed by atoms with Crippen LogP contribution in [0.5, 0.6) is 0 Å². The zero-order chi connectivity index (χ0) is 14.2. The monoisotopic (exact) mass is 281 g/mol. The molecule has 0 radical (unpaired) electrons. The number of aryl methyl sites for hydroxylation is 2. The van der Waals surface area contributed by atoms with Gasteiger partial charge in [0.15, 0.2) is 0 Å². The molecule has 0 saturated carbocycles. The third-order valence-electron chi connectivity index (χ3n) is 2.61. The molecule has 2 heterocycles. The van der Waals surface area contributed by atoms with Crippen LogP contribution in [0.15, 0.2) is 10.7 Å². The van der Waals surface area contributed by atoms with Crippen molar-refractivity contribution in [3.8, 4) is 0 Å². The molecule has 0 saturated heterocycles. The zero-order valence-electron chi connectivity index (χ0n) is 10.5. The maximum atomic E-state index is 12.2. The van der Waals surface area contributed by atoms with E-state index in [1.165, 1.54) is 18.1 Å². The molecule has 0 aliphatic carbocycles. The minimum absolute atomic E-state index is 0.0259. The number of carboxylic acid groups (broad SMARTS) is 1. The van der Waals surface area contributed by atoms with E-state index in [2.05, 4.69) is 9.53 Å². The van der Waals surface area contributed by atoms with E-state index >= 15 is 0 Å². The number of nitrogens with zero attached hydrogens (tertiary/aromatic N) is 3. The number of carboxylic acids is 1. The van der Waals surface area contributed by atoms with Crippen LogP contribution in [0.3, 0.4) is 0 Å². The predicted molar refractivity (Wildman–Crippen MR) is 67.8 cm³/mol. The van der Waals surface area contributed by atoms with Crippen molar-refractivity contribution in [1.29, 1.82) is 0 Å². The van der Waals surface area contributed by atoms with E-state index in [-0.39, 0.29) is 16.3 Å². The molecule has 0 atom stereocenters. The van der Waals surface area contributed by atoms with E-state index in [0.717, 1.165) is 11.5 Å². The third kappa shape index (κ3) is 2.22. The molecule has 100 valence electrons. The minimum Gasteiger partial charge on any atom is -0.478 e. The minimum atomic E-state index is -1.12. The Labute approximate surface area is 112 Å². The Kier molecular flexibility index (Phi) is 3.34. The van der Waals surface area contributed by atoms with Gasteiger partial charge < -0.3 is 9.63 Å². The molecule has 7 nitrogen and oxygen atoms in total. The number of hydrogen-bond donors (Lipinski definition) is 1. The molecule has 8 heteroatoms. The van der Waals surface area contributed by atoms with Gasteiger partial charge in [0.05, 0.1) is 11.9 Å². The average molecular weight is 281 g/mol. The summed E-state index contributed by atoms with van der Waals surface area (Å²) >= 11 is 0.956. The van der Waals surface area contributed by atoms with Gasteiger partial charge in [-0.1, -0.05) is 5.16 Å². The van der Waals surface area contributed by atoms with Gasteiger partial charge in [0.2, 0.25) is 5.76 Å². The summed E-state index contributed by atoms with van der Waals surface area (Å²) in [6.45, 7) is 3.27. The van der Waals surface area contributed by atoms with Gasteiger partial charge in [-0.05, 0) is 25.4 Å². The Hall–Kier alpha value is -2.22. The summed E-state index contributed by atoms with van der Waals surface area (Å²) < 4.78 is 8.84. The first kappa shape index (κ1) is 13.2. The second-order valence-electron chi connectivity index (χ2n) is 3.96. The lowest BCUT2D eigenvalue weighted by atomic mass is 10.2. The van der Waals surface area contributed by atoms with Crippen molar-refractivity contribution in [1.82, 2.24) is 9.53 Å². The Morgan fingerprint density at radius 2 is 2.11 bits per heavy atom. The maximum Gasteiger partial charge on any atom is 0.340 e. The number of rotatable bonds is 3. The van der Waals surface area contributed by atoms with Crippen molar-refractivity contribution in [3.63, 3.8) is 0 Å². The number of anilines is 1. The molecule has 0 unspecified atom stereocenters. The number of aromatic nitrogens is 2. The standard InChI is InChI=1S/C11H11N3O4S/c1-5-4-12-18-8(5)9(15)14(3)10-7(11(16)17)6(2)13-19-10/h4H,1-3H3,(H,16,17). The molecule has 2 aromatic rings. The van der Waals surface area contributed by atoms with E-state index < -0.39 is 11.9 Å². The molecule has 1 N–H and O–H groups in total. The lowest BCUT2D eigenvalue weighted by Crippen LogP contribution is -2.27. The topological polar surface area (TPSA) is 96.5 Å². The van der Waals surface area contributed by atoms with E-state index in [9.17, 15) is 9.59 Å². The average Bonchev–Trinajstić information content (AvgIpc) is 2.93. The predicted octanol–water partition coefficient (Wildman–Crippen LogP) is 1.72. The zero-order valence-corrected chi connectivity index (χ0v) is 11.3. The van der Waals surface area contributed by atoms with E-state index in [0.29, 0.717) is 11.3 Å². The first-order chi connectivity index (χ1) is 8.93. The molecule has 19 heavy (non-hydrogen) atoms. The highest BCUT2D eigenvalue weighted by Crippen LogP contribution is 2.29. The highest BCUT2D eigenvalue weighted by atomic mass is 32.1. The fourth-order valence-corrected chi connectivity index (χ4v) is 2.42. The van der Waals surface area contributed by atoms with Crippen LogP contribution in [0.4, 0.5) is 5.00 Å². The first-order valence-corrected chi connectivity index (χ1v) is 6.09. The van der Waals surface area contributed by atoms with Crippen LogP contribution in [0.25, 0.3) is 0 Å². The fraction of sp³-hybridized carbons (Fsp3) is 0.273. The molecule has 0 spiro atoms. The Morgan fingerprint density at radius 1 is 1.42 bits per heavy atom. The SMILES string of the molecule is Cc1cnoc1C(=O)N(C)c1snc(C)c1C(=O)O. The molecular formula is C11H11N3O4S. The lowest BCUT2D eigenvalue weighted by Gasteiger charge is -2.14. The van der Waals surface area contributed by atoms with Crippen LogP contribution in [0, 0.1) is 13.8 Å². The number of hydrogen-bond acceptors (Lipinski definition) is 6. The van der Waals surface area contributed by atoms with E-state index in [1.54, 1.807) is 13.8 Å². The highest BCUT2D eigenvalue weighted by molar-refractivity contribution is 7.11. The highest BCUT2D eigenvalue weighted by Gasteiger charge is 2.27. The van der Waals surface area contributed by atoms with Crippen molar-refractivity contribution in [2.45, 2.75) is 13.8 Å². The molecule has 2 aromatic heterocycles. The second kappa shape index (κ2) is 4.81. The molecule has 0 bridgehead atoms. The summed E-state index contributed by atoms with van der Waals surface area (Å²) in [5.74, 6) is -1.48. The first-order valence-electron chi connectivity index (χ1n) is 5.32. The normalized spacial score (nSPS) is 10.5. The van der Waals surface area contributed by atoms with Gasteiger partial charge in [0.25, 0.3) is 5.91 Å². The van der Waals surface area contributed by atoms with Gasteiger partial charge in [-0.2, -0.15) is 4.37 Å². The van der Waals surface area contributed by atoms with Crippen LogP contribution in [0.1, 0.15) is 32.2 Å². The molecule has 2 rings (SSSR count). The third-order valence-corrected chi connectivity index (χ3v) is 3.63. The van der Waals surface area contributed by atoms with E-state index in [1.807, 2.05) is 0 Å². The van der Waals surface area contributed by atoms with Gasteiger partial charge >= 0.3 is 5.97 Å². The second-order valence-corrected chi connectivity index (χ2v) is 4.71. The molecule has 0 fully saturated rings. The van der Waals surface area contributed by atoms with Crippen LogP contribution < -0.4 is 4.90 Å². The number of amides is 1. The smallest absolute Gasteiger partial charge is 0.340 e. The van der Waals surface area contributed by atoms with Crippen LogP contribution in [-0.2, 0) is 0 Å². The quantitative estimate of drug-likeness (QED) is 0.920. The summed E-state index contributed by atoms with van der Waals surface area (Å²) in [5, 5.41) is 12.9. The number of carbonyl (C=O) groups excluding carboxylic acids is 1. The Balaban J connectivity index is 2.40. The van der Waals surface area contributed by atoms with Gasteiger partial charge in [0.1, 0.15) is 10.6 Å². The number of carbonyl (C=O) groups is 2. The summed E-state index contributed by atoms with van der Waals surface area (Å²) in [7, 11) is 1.48. The van der Waals surface area contributed by atoms with Crippen molar-refractivity contribution in [2.24, 2.45) is 0 Å². The molecule has 0 aliphatic rings. The van der Waals surface area contributed by atoms with Gasteiger partial charge in [-0.3, -0.25) is 9.69 Å². The van der Waals surface area contributed by atoms with Crippen molar-refractivity contribution in [3.05, 3.63) is 28.8 Å². The van der Waals surface area contributed by atoms with Gasteiger partial charge in [-0.25, -0.2) is 4.79 Å². The lowest BCUT2D eigenvalue weighted by molar-refractivity contribution is 0.0697. The van der Waals surface area contributed by atoms with Crippen molar-refractivity contribution in [2.75, 3.05) is 11.9 Å². The van der Waals surface area contributed by atoms with E-state index in [4.69, 9.17) is 9.63 Å². The molecule has 0 aliphatic heterocycles. The van der Waals surface area contributed by atoms with Crippen molar-refractivity contribution < 1.29 is 19.2 Å². The summed E-state index contributed by atoms with van der Waals surface area (Å²) in [6.07, 6.45) is 1.43. The Bertz CT molecular complexity index is 646. The van der Waals surface area contributed by atoms with Gasteiger partial charge in [0, 0.05) is 12.6 Å². The van der Waals surface area contributed by atoms with Gasteiger partial charge in [-0.15, -0.1) is 0 Å². The van der Waals surface area contributed by atoms with Crippen LogP contribution in [0.2, 0.25) is 0 Å². The molecule has 0 aromatic carbocycles. The van der Waals surface area contributed by atoms with Crippen LogP contribution in [-0.4, -0.2) is 33.6 Å². The van der Waals surface area contributed by atoms with Crippen LogP contribution >= 0.6 is 11.5 Å². The largest absolute Gasteiger partial charge is 0.478 e. The Morgan fingerprint density at radius 3 is 2.63 bits per heavy atom.